The Balaban J connectivity index is 1.82. The first kappa shape index (κ1) is 19.1. The number of aryl methyl sites for hydroxylation is 2. The third kappa shape index (κ3) is 2.77. The molecule has 2 N–H and O–H groups in total. The number of pyridine rings is 1. The van der Waals surface area contributed by atoms with E-state index < -0.39 is 5.54 Å². The fourth-order valence-electron chi connectivity index (χ4n) is 4.36. The molecule has 1 atom stereocenters. The van der Waals surface area contributed by atoms with E-state index in [1.54, 1.807) is 16.8 Å². The van der Waals surface area contributed by atoms with Crippen molar-refractivity contribution in [2.45, 2.75) is 26.3 Å². The Morgan fingerprint density at radius 2 is 2.13 bits per heavy atom. The molecule has 4 heterocycles. The monoisotopic (exact) mass is 419 g/mol. The third-order valence-electron chi connectivity index (χ3n) is 5.76. The van der Waals surface area contributed by atoms with Crippen molar-refractivity contribution in [1.29, 1.82) is 0 Å². The number of aromatic nitrogens is 4. The first-order chi connectivity index (χ1) is 14.9. The molecule has 0 radical (unpaired) electrons. The van der Waals surface area contributed by atoms with Gasteiger partial charge in [-0.2, -0.15) is 0 Å². The van der Waals surface area contributed by atoms with Crippen LogP contribution in [0.1, 0.15) is 24.1 Å². The minimum atomic E-state index is -1.01. The van der Waals surface area contributed by atoms with Crippen molar-refractivity contribution in [3.8, 4) is 16.9 Å². The van der Waals surface area contributed by atoms with Crippen LogP contribution in [0.2, 0.25) is 0 Å². The van der Waals surface area contributed by atoms with Gasteiger partial charge in [-0.3, -0.25) is 14.3 Å². The summed E-state index contributed by atoms with van der Waals surface area (Å²) in [7, 11) is 0. The van der Waals surface area contributed by atoms with E-state index in [0.29, 0.717) is 28.2 Å². The molecular formula is C22H21N5O4. The van der Waals surface area contributed by atoms with Gasteiger partial charge in [-0.05, 0) is 38.1 Å². The highest BCUT2D eigenvalue weighted by Crippen LogP contribution is 2.44. The van der Waals surface area contributed by atoms with Crippen LogP contribution in [0.25, 0.3) is 22.2 Å². The molecule has 9 heteroatoms. The van der Waals surface area contributed by atoms with Gasteiger partial charge in [0.05, 0.1) is 29.0 Å². The second-order valence-corrected chi connectivity index (χ2v) is 7.75. The van der Waals surface area contributed by atoms with Gasteiger partial charge in [0.25, 0.3) is 0 Å². The van der Waals surface area contributed by atoms with Crippen molar-refractivity contribution in [1.82, 2.24) is 25.0 Å². The average molecular weight is 419 g/mol. The van der Waals surface area contributed by atoms with Gasteiger partial charge >= 0.3 is 5.69 Å². The average Bonchev–Trinajstić information content (AvgIpc) is 3.28. The molecule has 1 aliphatic heterocycles. The molecule has 0 aliphatic carbocycles. The number of imidazole rings is 1. The minimum absolute atomic E-state index is 0.116. The van der Waals surface area contributed by atoms with E-state index in [1.807, 2.05) is 38.1 Å². The summed E-state index contributed by atoms with van der Waals surface area (Å²) >= 11 is 0. The largest absolute Gasteiger partial charge is 0.488 e. The molecule has 0 bridgehead atoms. The number of amides is 1. The molecular weight excluding hydrogens is 398 g/mol. The fraction of sp³-hybridized carbons (Fsp3) is 0.273. The lowest BCUT2D eigenvalue weighted by molar-refractivity contribution is -0.119. The zero-order chi connectivity index (χ0) is 21.8. The van der Waals surface area contributed by atoms with Crippen molar-refractivity contribution >= 4 is 16.9 Å². The van der Waals surface area contributed by atoms with Crippen LogP contribution in [0.5, 0.6) is 5.75 Å². The van der Waals surface area contributed by atoms with E-state index in [0.717, 1.165) is 16.8 Å². The molecule has 1 unspecified atom stereocenters. The lowest BCUT2D eigenvalue weighted by Crippen LogP contribution is -2.55. The lowest BCUT2D eigenvalue weighted by Gasteiger charge is -2.38. The Labute approximate surface area is 177 Å². The Kier molecular flexibility index (Phi) is 4.21. The van der Waals surface area contributed by atoms with Crippen LogP contribution >= 0.6 is 0 Å². The van der Waals surface area contributed by atoms with Crippen LogP contribution in [-0.2, 0) is 10.3 Å². The van der Waals surface area contributed by atoms with E-state index in [-0.39, 0.29) is 24.7 Å². The van der Waals surface area contributed by atoms with E-state index in [1.165, 1.54) is 6.92 Å². The standard InChI is InChI=1S/C22H21N5O4/c1-12-18(13(2)31-26-12)15-7-8-16-19-20(15)30-11-22(10-24-14(3)28,27(19)21(29)25-16)17-6-4-5-9-23-17/h4-9H,10-11H2,1-3H3,(H,24,28)(H,25,29). The molecule has 1 aliphatic rings. The van der Waals surface area contributed by atoms with Crippen LogP contribution in [0, 0.1) is 13.8 Å². The van der Waals surface area contributed by atoms with Crippen LogP contribution in [0.4, 0.5) is 0 Å². The molecule has 158 valence electrons. The molecule has 9 nitrogen and oxygen atoms in total. The van der Waals surface area contributed by atoms with Crippen molar-refractivity contribution < 1.29 is 14.1 Å². The van der Waals surface area contributed by atoms with E-state index in [4.69, 9.17) is 9.26 Å². The van der Waals surface area contributed by atoms with E-state index >= 15 is 0 Å². The SMILES string of the molecule is CC(=O)NCC1(c2ccccn2)COc2c(-c3c(C)noc3C)ccc3[nH]c(=O)n1c23. The highest BCUT2D eigenvalue weighted by molar-refractivity contribution is 5.92. The number of rotatable bonds is 4. The molecule has 0 fully saturated rings. The second kappa shape index (κ2) is 6.83. The van der Waals surface area contributed by atoms with Gasteiger partial charge < -0.3 is 19.6 Å². The number of nitrogens with zero attached hydrogens (tertiary/aromatic N) is 3. The lowest BCUT2D eigenvalue weighted by atomic mass is 9.92. The maximum absolute atomic E-state index is 13.2. The molecule has 1 aromatic carbocycles. The van der Waals surface area contributed by atoms with Gasteiger partial charge in [-0.15, -0.1) is 0 Å². The first-order valence-electron chi connectivity index (χ1n) is 9.92. The maximum Gasteiger partial charge on any atom is 0.327 e. The molecule has 4 aromatic rings. The number of nitrogens with one attached hydrogen (secondary N) is 2. The minimum Gasteiger partial charge on any atom is -0.488 e. The summed E-state index contributed by atoms with van der Waals surface area (Å²) in [5.74, 6) is 1.03. The number of carbonyl (C=O) groups is 1. The van der Waals surface area contributed by atoms with E-state index in [9.17, 15) is 9.59 Å². The van der Waals surface area contributed by atoms with Crippen molar-refractivity contribution in [2.75, 3.05) is 13.2 Å². The second-order valence-electron chi connectivity index (χ2n) is 7.75. The molecule has 3 aromatic heterocycles. The number of hydrogen-bond acceptors (Lipinski definition) is 6. The highest BCUT2D eigenvalue weighted by Gasteiger charge is 2.44. The van der Waals surface area contributed by atoms with Crippen LogP contribution in [-0.4, -0.2) is 38.8 Å². The Hall–Kier alpha value is -3.88. The molecule has 1 amide bonds. The summed E-state index contributed by atoms with van der Waals surface area (Å²) < 4.78 is 13.3. The Morgan fingerprint density at radius 1 is 1.29 bits per heavy atom. The summed E-state index contributed by atoms with van der Waals surface area (Å²) in [5.41, 5.74) is 2.94. The summed E-state index contributed by atoms with van der Waals surface area (Å²) in [4.78, 5) is 32.4. The molecule has 31 heavy (non-hydrogen) atoms. The Bertz CT molecular complexity index is 1350. The van der Waals surface area contributed by atoms with Gasteiger partial charge in [-0.1, -0.05) is 11.2 Å². The van der Waals surface area contributed by atoms with Gasteiger partial charge in [0.15, 0.2) is 5.75 Å². The van der Waals surface area contributed by atoms with Crippen molar-refractivity contribution in [3.05, 3.63) is 64.2 Å². The predicted octanol–water partition coefficient (Wildman–Crippen LogP) is 2.27. The molecule has 0 spiro atoms. The van der Waals surface area contributed by atoms with Gasteiger partial charge in [0, 0.05) is 18.7 Å². The van der Waals surface area contributed by atoms with E-state index in [2.05, 4.69) is 20.4 Å². The van der Waals surface area contributed by atoms with Crippen LogP contribution < -0.4 is 15.7 Å². The normalized spacial score (nSPS) is 17.5. The van der Waals surface area contributed by atoms with Gasteiger partial charge in [0.2, 0.25) is 5.91 Å². The molecule has 0 saturated carbocycles. The smallest absolute Gasteiger partial charge is 0.327 e. The zero-order valence-electron chi connectivity index (χ0n) is 17.4. The van der Waals surface area contributed by atoms with Crippen molar-refractivity contribution in [2.24, 2.45) is 0 Å². The maximum atomic E-state index is 13.2. The number of carbonyl (C=O) groups excluding carboxylic acids is 1. The van der Waals surface area contributed by atoms with Crippen molar-refractivity contribution in [3.63, 3.8) is 0 Å². The summed E-state index contributed by atoms with van der Waals surface area (Å²) in [5, 5.41) is 6.90. The number of ether oxygens (including phenoxy) is 1. The summed E-state index contributed by atoms with van der Waals surface area (Å²) in [6.07, 6.45) is 1.66. The third-order valence-corrected chi connectivity index (χ3v) is 5.76. The number of benzene rings is 1. The predicted molar refractivity (Wildman–Crippen MR) is 113 cm³/mol. The zero-order valence-corrected chi connectivity index (χ0v) is 17.4. The number of H-pyrrole nitrogens is 1. The topological polar surface area (TPSA) is 115 Å². The highest BCUT2D eigenvalue weighted by atomic mass is 16.5. The molecule has 5 rings (SSSR count). The number of aromatic amines is 1. The number of hydrogen-bond donors (Lipinski definition) is 2. The molecule has 0 saturated heterocycles. The summed E-state index contributed by atoms with van der Waals surface area (Å²) in [6, 6.07) is 9.22. The van der Waals surface area contributed by atoms with Gasteiger partial charge in [0.1, 0.15) is 23.4 Å². The van der Waals surface area contributed by atoms with Gasteiger partial charge in [-0.25, -0.2) is 4.79 Å². The van der Waals surface area contributed by atoms with Crippen LogP contribution in [0.15, 0.2) is 45.8 Å². The van der Waals surface area contributed by atoms with Crippen LogP contribution in [0.3, 0.4) is 0 Å². The first-order valence-corrected chi connectivity index (χ1v) is 9.92. The fourth-order valence-corrected chi connectivity index (χ4v) is 4.36. The summed E-state index contributed by atoms with van der Waals surface area (Å²) in [6.45, 7) is 5.42. The quantitative estimate of drug-likeness (QED) is 0.524. The Morgan fingerprint density at radius 3 is 2.81 bits per heavy atom.